The van der Waals surface area contributed by atoms with Gasteiger partial charge in [-0.05, 0) is 55.6 Å². The van der Waals surface area contributed by atoms with Crippen LogP contribution in [0.2, 0.25) is 0 Å². The third kappa shape index (κ3) is 6.11. The molecule has 7 heteroatoms. The second kappa shape index (κ2) is 9.88. The minimum absolute atomic E-state index is 0.0113. The van der Waals surface area contributed by atoms with E-state index in [2.05, 4.69) is 17.9 Å². The van der Waals surface area contributed by atoms with Gasteiger partial charge in [0.15, 0.2) is 0 Å². The van der Waals surface area contributed by atoms with Crippen LogP contribution in [-0.2, 0) is 17.4 Å². The van der Waals surface area contributed by atoms with E-state index in [0.29, 0.717) is 24.3 Å². The Morgan fingerprint density at radius 1 is 1.29 bits per heavy atom. The van der Waals surface area contributed by atoms with Gasteiger partial charge in [0.05, 0.1) is 17.6 Å². The predicted molar refractivity (Wildman–Crippen MR) is 109 cm³/mol. The molecule has 5 atom stereocenters. The molecule has 2 fully saturated rings. The maximum atomic E-state index is 12.8. The van der Waals surface area contributed by atoms with Crippen molar-refractivity contribution in [1.82, 2.24) is 0 Å². The summed E-state index contributed by atoms with van der Waals surface area (Å²) in [5.74, 6) is 5.18. The Bertz CT molecular complexity index is 881. The number of carboxylic acid groups (broad SMARTS) is 1. The summed E-state index contributed by atoms with van der Waals surface area (Å²) >= 11 is 0. The number of carboxylic acids is 1. The predicted octanol–water partition coefficient (Wildman–Crippen LogP) is 4.20. The molecule has 0 bridgehead atoms. The SMILES string of the molecule is O=C(O)CCC/C=C1\C[C@@H]2[C@@H](C#CC(O)Cc3cccc(C(F)(F)F)c3)[C@H](O)CC[C@H]12. The number of hydrogen-bond donors (Lipinski definition) is 3. The first kappa shape index (κ1) is 23.4. The van der Waals surface area contributed by atoms with Gasteiger partial charge >= 0.3 is 12.1 Å². The van der Waals surface area contributed by atoms with Crippen LogP contribution in [-0.4, -0.2) is 33.5 Å². The molecule has 1 unspecified atom stereocenters. The van der Waals surface area contributed by atoms with Crippen LogP contribution in [0, 0.1) is 29.6 Å². The highest BCUT2D eigenvalue weighted by atomic mass is 19.4. The highest BCUT2D eigenvalue weighted by Crippen LogP contribution is 2.51. The molecule has 0 saturated heterocycles. The zero-order chi connectivity index (χ0) is 22.6. The van der Waals surface area contributed by atoms with Crippen molar-refractivity contribution in [2.75, 3.05) is 0 Å². The van der Waals surface area contributed by atoms with Crippen LogP contribution >= 0.6 is 0 Å². The van der Waals surface area contributed by atoms with Crippen LogP contribution in [0.1, 0.15) is 49.7 Å². The van der Waals surface area contributed by atoms with Gasteiger partial charge in [0.2, 0.25) is 0 Å². The van der Waals surface area contributed by atoms with E-state index in [0.717, 1.165) is 31.4 Å². The van der Waals surface area contributed by atoms with Crippen molar-refractivity contribution in [2.24, 2.45) is 17.8 Å². The van der Waals surface area contributed by atoms with Gasteiger partial charge in [-0.1, -0.05) is 41.7 Å². The first-order valence-electron chi connectivity index (χ1n) is 10.6. The maximum Gasteiger partial charge on any atom is 0.416 e. The normalized spacial score (nSPS) is 27.6. The van der Waals surface area contributed by atoms with E-state index in [1.807, 2.05) is 0 Å². The van der Waals surface area contributed by atoms with E-state index in [-0.39, 0.29) is 24.7 Å². The van der Waals surface area contributed by atoms with Crippen LogP contribution in [0.5, 0.6) is 0 Å². The van der Waals surface area contributed by atoms with E-state index < -0.39 is 29.9 Å². The van der Waals surface area contributed by atoms with Gasteiger partial charge < -0.3 is 15.3 Å². The number of benzene rings is 1. The highest BCUT2D eigenvalue weighted by molar-refractivity contribution is 5.66. The summed E-state index contributed by atoms with van der Waals surface area (Å²) in [4.78, 5) is 10.6. The summed E-state index contributed by atoms with van der Waals surface area (Å²) in [6.45, 7) is 0. The number of aliphatic carboxylic acids is 1. The molecule has 4 nitrogen and oxygen atoms in total. The minimum atomic E-state index is -4.43. The Morgan fingerprint density at radius 2 is 2.06 bits per heavy atom. The Morgan fingerprint density at radius 3 is 2.77 bits per heavy atom. The first-order valence-corrected chi connectivity index (χ1v) is 10.6. The Labute approximate surface area is 179 Å². The fourth-order valence-electron chi connectivity index (χ4n) is 4.59. The number of carbonyl (C=O) groups is 1. The summed E-state index contributed by atoms with van der Waals surface area (Å²) < 4.78 is 38.5. The van der Waals surface area contributed by atoms with E-state index in [4.69, 9.17) is 5.11 Å². The monoisotopic (exact) mass is 436 g/mol. The number of rotatable bonds is 6. The van der Waals surface area contributed by atoms with Gasteiger partial charge in [0, 0.05) is 12.8 Å². The average Bonchev–Trinajstić information content (AvgIpc) is 2.67. The number of aliphatic hydroxyl groups excluding tert-OH is 2. The quantitative estimate of drug-likeness (QED) is 0.355. The molecule has 0 radical (unpaired) electrons. The molecule has 0 heterocycles. The molecular weight excluding hydrogens is 409 g/mol. The number of halogens is 3. The molecule has 0 aliphatic heterocycles. The van der Waals surface area contributed by atoms with Crippen molar-refractivity contribution in [2.45, 2.75) is 63.3 Å². The van der Waals surface area contributed by atoms with E-state index in [9.17, 15) is 28.2 Å². The highest BCUT2D eigenvalue weighted by Gasteiger charge is 2.46. The molecule has 2 saturated carbocycles. The summed E-state index contributed by atoms with van der Waals surface area (Å²) in [6, 6.07) is 4.85. The van der Waals surface area contributed by atoms with E-state index in [1.165, 1.54) is 17.7 Å². The third-order valence-electron chi connectivity index (χ3n) is 6.22. The number of hydrogen-bond acceptors (Lipinski definition) is 3. The maximum absolute atomic E-state index is 12.8. The molecule has 1 aromatic carbocycles. The molecule has 0 amide bonds. The van der Waals surface area contributed by atoms with Crippen molar-refractivity contribution in [3.8, 4) is 11.8 Å². The molecule has 3 N–H and O–H groups in total. The summed E-state index contributed by atoms with van der Waals surface area (Å²) in [6.07, 6.45) is -0.285. The van der Waals surface area contributed by atoms with Crippen LogP contribution in [0.4, 0.5) is 13.2 Å². The first-order chi connectivity index (χ1) is 14.6. The third-order valence-corrected chi connectivity index (χ3v) is 6.22. The van der Waals surface area contributed by atoms with Crippen molar-refractivity contribution in [3.63, 3.8) is 0 Å². The molecule has 0 spiro atoms. The molecule has 168 valence electrons. The molecular formula is C24H27F3O4. The molecule has 3 rings (SSSR count). The molecule has 31 heavy (non-hydrogen) atoms. The number of fused-ring (bicyclic) bond motifs is 1. The Kier molecular flexibility index (Phi) is 7.45. The van der Waals surface area contributed by atoms with Crippen LogP contribution in [0.3, 0.4) is 0 Å². The zero-order valence-electron chi connectivity index (χ0n) is 17.1. The topological polar surface area (TPSA) is 77.8 Å². The smallest absolute Gasteiger partial charge is 0.416 e. The van der Waals surface area contributed by atoms with Crippen LogP contribution < -0.4 is 0 Å². The number of aliphatic hydroxyl groups is 2. The summed E-state index contributed by atoms with van der Waals surface area (Å²) in [5.41, 5.74) is 0.889. The molecule has 1 aromatic rings. The van der Waals surface area contributed by atoms with Crippen molar-refractivity contribution < 1.29 is 33.3 Å². The number of alkyl halides is 3. The summed E-state index contributed by atoms with van der Waals surface area (Å²) in [5, 5.41) is 29.3. The number of allylic oxidation sites excluding steroid dienone is 2. The fraction of sp³-hybridized carbons (Fsp3) is 0.542. The van der Waals surface area contributed by atoms with Crippen molar-refractivity contribution in [1.29, 1.82) is 0 Å². The lowest BCUT2D eigenvalue weighted by atomic mass is 9.57. The van der Waals surface area contributed by atoms with Gasteiger partial charge in [-0.25, -0.2) is 0 Å². The van der Waals surface area contributed by atoms with Crippen molar-refractivity contribution in [3.05, 3.63) is 47.0 Å². The van der Waals surface area contributed by atoms with E-state index in [1.54, 1.807) is 0 Å². The van der Waals surface area contributed by atoms with Gasteiger partial charge in [-0.15, -0.1) is 0 Å². The second-order valence-electron chi connectivity index (χ2n) is 8.42. The van der Waals surface area contributed by atoms with E-state index >= 15 is 0 Å². The lowest BCUT2D eigenvalue weighted by molar-refractivity contribution is -0.138. The van der Waals surface area contributed by atoms with Crippen LogP contribution in [0.15, 0.2) is 35.9 Å². The minimum Gasteiger partial charge on any atom is -0.481 e. The fourth-order valence-corrected chi connectivity index (χ4v) is 4.59. The Hall–Kier alpha value is -2.30. The van der Waals surface area contributed by atoms with Gasteiger partial charge in [0.1, 0.15) is 6.10 Å². The standard InChI is InChI=1S/C24H27F3O4/c25-24(26,27)17-6-3-4-15(12-17)13-18(28)8-9-20-21-14-16(5-1-2-7-23(30)31)19(21)10-11-22(20)29/h3-6,12,18-22,28-29H,1-2,7,10-11,13-14H2,(H,30,31)/b16-5+/t18?,19-,20-,21+,22-/m1/s1. The van der Waals surface area contributed by atoms with Gasteiger partial charge in [-0.2, -0.15) is 13.2 Å². The lowest BCUT2D eigenvalue weighted by Gasteiger charge is -2.48. The average molecular weight is 436 g/mol. The largest absolute Gasteiger partial charge is 0.481 e. The van der Waals surface area contributed by atoms with Gasteiger partial charge in [-0.3, -0.25) is 4.79 Å². The summed E-state index contributed by atoms with van der Waals surface area (Å²) in [7, 11) is 0. The number of unbranched alkanes of at least 4 members (excludes halogenated alkanes) is 1. The molecule has 0 aromatic heterocycles. The molecule has 2 aliphatic carbocycles. The van der Waals surface area contributed by atoms with Crippen molar-refractivity contribution >= 4 is 5.97 Å². The Balaban J connectivity index is 1.59. The van der Waals surface area contributed by atoms with Gasteiger partial charge in [0.25, 0.3) is 0 Å². The zero-order valence-corrected chi connectivity index (χ0v) is 17.1. The lowest BCUT2D eigenvalue weighted by Crippen LogP contribution is -2.44. The van der Waals surface area contributed by atoms with Crippen LogP contribution in [0.25, 0.3) is 0 Å². The molecule has 2 aliphatic rings. The second-order valence-corrected chi connectivity index (χ2v) is 8.42.